The molecule has 0 atom stereocenters. The summed E-state index contributed by atoms with van der Waals surface area (Å²) >= 11 is 1.78. The van der Waals surface area contributed by atoms with E-state index < -0.39 is 0 Å². The predicted octanol–water partition coefficient (Wildman–Crippen LogP) is 9.34. The molecule has 1 aromatic heterocycles. The van der Waals surface area contributed by atoms with Crippen molar-refractivity contribution in [3.63, 3.8) is 0 Å². The molecule has 1 amide bonds. The van der Waals surface area contributed by atoms with Gasteiger partial charge in [-0.1, -0.05) is 52.3 Å². The van der Waals surface area contributed by atoms with Crippen LogP contribution in [0.15, 0.2) is 89.7 Å². The molecule has 254 valence electrons. The zero-order valence-corrected chi connectivity index (χ0v) is 29.7. The van der Waals surface area contributed by atoms with Gasteiger partial charge in [-0.15, -0.1) is 11.8 Å². The van der Waals surface area contributed by atoms with E-state index in [4.69, 9.17) is 9.47 Å². The number of ether oxygens (including phenoxy) is 2. The summed E-state index contributed by atoms with van der Waals surface area (Å²) < 4.78 is 13.7. The van der Waals surface area contributed by atoms with E-state index in [-0.39, 0.29) is 5.91 Å². The quantitative estimate of drug-likeness (QED) is 0.0895. The molecule has 48 heavy (non-hydrogen) atoms. The highest BCUT2D eigenvalue weighted by molar-refractivity contribution is 7.98. The number of nitrogens with one attached hydrogen (secondary N) is 1. The van der Waals surface area contributed by atoms with Crippen molar-refractivity contribution in [1.29, 1.82) is 0 Å². The molecular weight excluding hydrogens is 617 g/mol. The first-order valence-electron chi connectivity index (χ1n) is 17.4. The van der Waals surface area contributed by atoms with Crippen molar-refractivity contribution in [1.82, 2.24) is 9.55 Å². The van der Waals surface area contributed by atoms with Crippen LogP contribution >= 0.6 is 11.8 Å². The number of rotatable bonds is 17. The summed E-state index contributed by atoms with van der Waals surface area (Å²) in [6.45, 7) is 13.4. The van der Waals surface area contributed by atoms with Gasteiger partial charge in [-0.05, 0) is 96.5 Å². The first kappa shape index (κ1) is 35.3. The minimum atomic E-state index is -0.0539. The molecule has 0 spiro atoms. The molecule has 0 bridgehead atoms. The fourth-order valence-corrected chi connectivity index (χ4v) is 6.69. The fraction of sp³-hybridized carbons (Fsp3) is 0.400. The lowest BCUT2D eigenvalue weighted by Gasteiger charge is -2.27. The predicted molar refractivity (Wildman–Crippen MR) is 200 cm³/mol. The Labute approximate surface area is 290 Å². The normalized spacial score (nSPS) is 12.9. The van der Waals surface area contributed by atoms with Crippen LogP contribution in [-0.4, -0.2) is 48.4 Å². The van der Waals surface area contributed by atoms with E-state index in [1.54, 1.807) is 11.8 Å². The molecule has 1 aliphatic heterocycles. The lowest BCUT2D eigenvalue weighted by atomic mass is 10.00. The molecule has 0 saturated heterocycles. The molecule has 2 heterocycles. The molecule has 5 rings (SSSR count). The molecule has 0 fully saturated rings. The van der Waals surface area contributed by atoms with Gasteiger partial charge in [-0.3, -0.25) is 4.79 Å². The van der Waals surface area contributed by atoms with E-state index in [9.17, 15) is 4.79 Å². The van der Waals surface area contributed by atoms with Crippen molar-refractivity contribution in [2.75, 3.05) is 43.1 Å². The Hall–Kier alpha value is -4.01. The van der Waals surface area contributed by atoms with Crippen LogP contribution < -0.4 is 15.0 Å². The van der Waals surface area contributed by atoms with Gasteiger partial charge in [0.25, 0.3) is 5.91 Å². The van der Waals surface area contributed by atoms with Gasteiger partial charge < -0.3 is 24.3 Å². The minimum Gasteiger partial charge on any atom is -0.491 e. The average Bonchev–Trinajstić information content (AvgIpc) is 3.46. The molecule has 0 unspecified atom stereocenters. The van der Waals surface area contributed by atoms with Crippen molar-refractivity contribution in [2.24, 2.45) is 5.92 Å². The first-order valence-corrected chi connectivity index (χ1v) is 18.4. The number of aryl methyl sites for hydroxylation is 1. The molecular formula is C40H50N4O3S. The third-order valence-electron chi connectivity index (χ3n) is 8.31. The highest BCUT2D eigenvalue weighted by Gasteiger charge is 2.21. The van der Waals surface area contributed by atoms with Gasteiger partial charge in [0.1, 0.15) is 12.4 Å². The summed E-state index contributed by atoms with van der Waals surface area (Å²) in [5.41, 5.74) is 7.25. The number of imidazole rings is 1. The van der Waals surface area contributed by atoms with Gasteiger partial charge in [0.2, 0.25) is 0 Å². The van der Waals surface area contributed by atoms with Gasteiger partial charge in [0.05, 0.1) is 12.9 Å². The Kier molecular flexibility index (Phi) is 13.2. The second-order valence-corrected chi connectivity index (χ2v) is 13.8. The SMILES string of the molecule is CCCCOCCOc1ccc(-c2ccc3c(c2)C=C(C(=O)Nc2ccc(SCc4cncn4CCC)cc2)CCN3CC(C)C)cc1. The molecule has 0 radical (unpaired) electrons. The summed E-state index contributed by atoms with van der Waals surface area (Å²) in [5.74, 6) is 2.14. The number of benzene rings is 3. The standard InChI is InChI=1S/C40H50N4O3S/c1-5-7-21-46-22-23-47-37-13-8-31(9-14-37)32-10-17-39-34(24-32)25-33(18-20-43(39)27-30(3)4)40(45)42-35-11-15-38(16-12-35)48-28-36-26-41-29-44(36)19-6-2/h8-17,24-26,29-30H,5-7,18-23,27-28H2,1-4H3,(H,42,45). The van der Waals surface area contributed by atoms with Crippen LogP contribution in [0.4, 0.5) is 11.4 Å². The molecule has 1 aliphatic rings. The van der Waals surface area contributed by atoms with Gasteiger partial charge >= 0.3 is 0 Å². The monoisotopic (exact) mass is 666 g/mol. The Morgan fingerprint density at radius 1 is 0.958 bits per heavy atom. The maximum absolute atomic E-state index is 13.6. The second-order valence-electron chi connectivity index (χ2n) is 12.7. The van der Waals surface area contributed by atoms with E-state index in [0.29, 0.717) is 25.6 Å². The lowest BCUT2D eigenvalue weighted by Crippen LogP contribution is -2.29. The van der Waals surface area contributed by atoms with E-state index in [1.165, 1.54) is 11.4 Å². The number of carbonyl (C=O) groups is 1. The Bertz CT molecular complexity index is 1630. The maximum Gasteiger partial charge on any atom is 0.251 e. The van der Waals surface area contributed by atoms with E-state index >= 15 is 0 Å². The Morgan fingerprint density at radius 2 is 1.75 bits per heavy atom. The number of thioether (sulfide) groups is 1. The van der Waals surface area contributed by atoms with Gasteiger partial charge in [-0.25, -0.2) is 4.98 Å². The summed E-state index contributed by atoms with van der Waals surface area (Å²) in [6.07, 6.45) is 9.90. The molecule has 0 aliphatic carbocycles. The Balaban J connectivity index is 1.26. The zero-order valence-electron chi connectivity index (χ0n) is 28.9. The number of fused-ring (bicyclic) bond motifs is 1. The number of carbonyl (C=O) groups excluding carboxylic acids is 1. The number of unbranched alkanes of at least 4 members (excludes halogenated alkanes) is 1. The van der Waals surface area contributed by atoms with Crippen molar-refractivity contribution in [3.05, 3.63) is 96.1 Å². The molecule has 1 N–H and O–H groups in total. The molecule has 7 nitrogen and oxygen atoms in total. The topological polar surface area (TPSA) is 68.6 Å². The van der Waals surface area contributed by atoms with E-state index in [2.05, 4.69) is 96.0 Å². The largest absolute Gasteiger partial charge is 0.491 e. The number of anilines is 2. The van der Waals surface area contributed by atoms with Crippen molar-refractivity contribution in [2.45, 2.75) is 70.6 Å². The van der Waals surface area contributed by atoms with Crippen molar-refractivity contribution >= 4 is 35.1 Å². The van der Waals surface area contributed by atoms with E-state index in [1.807, 2.05) is 36.8 Å². The lowest BCUT2D eigenvalue weighted by molar-refractivity contribution is -0.112. The summed E-state index contributed by atoms with van der Waals surface area (Å²) in [5, 5.41) is 3.16. The minimum absolute atomic E-state index is 0.0539. The average molecular weight is 667 g/mol. The molecule has 4 aromatic rings. The third-order valence-corrected chi connectivity index (χ3v) is 9.36. The van der Waals surface area contributed by atoms with Gasteiger partial charge in [0.15, 0.2) is 0 Å². The highest BCUT2D eigenvalue weighted by atomic mass is 32.2. The van der Waals surface area contributed by atoms with Crippen LogP contribution in [-0.2, 0) is 21.8 Å². The number of aromatic nitrogens is 2. The summed E-state index contributed by atoms with van der Waals surface area (Å²) in [4.78, 5) is 21.5. The highest BCUT2D eigenvalue weighted by Crippen LogP contribution is 2.34. The van der Waals surface area contributed by atoms with Crippen LogP contribution in [0.3, 0.4) is 0 Å². The van der Waals surface area contributed by atoms with Crippen LogP contribution in [0.25, 0.3) is 17.2 Å². The molecule has 0 saturated carbocycles. The maximum atomic E-state index is 13.6. The van der Waals surface area contributed by atoms with Crippen molar-refractivity contribution in [3.8, 4) is 16.9 Å². The van der Waals surface area contributed by atoms with Gasteiger partial charge in [-0.2, -0.15) is 0 Å². The fourth-order valence-electron chi connectivity index (χ4n) is 5.81. The Morgan fingerprint density at radius 3 is 2.50 bits per heavy atom. The number of amides is 1. The number of hydrogen-bond donors (Lipinski definition) is 1. The third kappa shape index (κ3) is 10.0. The molecule has 8 heteroatoms. The van der Waals surface area contributed by atoms with Crippen LogP contribution in [0.2, 0.25) is 0 Å². The summed E-state index contributed by atoms with van der Waals surface area (Å²) in [7, 11) is 0. The number of nitrogens with zero attached hydrogens (tertiary/aromatic N) is 3. The number of hydrogen-bond acceptors (Lipinski definition) is 6. The summed E-state index contributed by atoms with van der Waals surface area (Å²) in [6, 6.07) is 22.9. The second kappa shape index (κ2) is 17.9. The van der Waals surface area contributed by atoms with E-state index in [0.717, 1.165) is 89.9 Å². The first-order chi connectivity index (χ1) is 23.4. The zero-order chi connectivity index (χ0) is 33.7. The van der Waals surface area contributed by atoms with Crippen molar-refractivity contribution < 1.29 is 14.3 Å². The molecule has 3 aromatic carbocycles. The van der Waals surface area contributed by atoms with Crippen LogP contribution in [0.5, 0.6) is 5.75 Å². The smallest absolute Gasteiger partial charge is 0.251 e. The van der Waals surface area contributed by atoms with Crippen LogP contribution in [0, 0.1) is 5.92 Å². The van der Waals surface area contributed by atoms with Gasteiger partial charge in [0, 0.05) is 65.7 Å². The van der Waals surface area contributed by atoms with Crippen LogP contribution in [0.1, 0.15) is 64.6 Å².